The van der Waals surface area contributed by atoms with Gasteiger partial charge in [0, 0.05) is 43.9 Å². The van der Waals surface area contributed by atoms with Crippen molar-refractivity contribution in [2.75, 3.05) is 53.3 Å². The molecule has 0 spiro atoms. The van der Waals surface area contributed by atoms with E-state index in [9.17, 15) is 5.11 Å². The number of anilines is 4. The molecule has 0 aliphatic carbocycles. The molecular formula is C25H32N6O. The van der Waals surface area contributed by atoms with Crippen LogP contribution in [0, 0.1) is 5.92 Å². The van der Waals surface area contributed by atoms with Gasteiger partial charge in [-0.25, -0.2) is 9.97 Å². The summed E-state index contributed by atoms with van der Waals surface area (Å²) >= 11 is 0. The molecule has 0 bridgehead atoms. The number of nitrogens with zero attached hydrogens (tertiary/aromatic N) is 4. The SMILES string of the molecule is CCCN1CNc2cc3c(NCc4ccccc4N4CCC(CO)CC4)ncnc3cc21. The Morgan fingerprint density at radius 3 is 2.78 bits per heavy atom. The Balaban J connectivity index is 1.36. The molecule has 7 nitrogen and oxygen atoms in total. The van der Waals surface area contributed by atoms with E-state index in [1.165, 1.54) is 16.9 Å². The Bertz CT molecular complexity index is 1080. The molecule has 3 N–H and O–H groups in total. The lowest BCUT2D eigenvalue weighted by atomic mass is 9.97. The van der Waals surface area contributed by atoms with Crippen molar-refractivity contribution in [2.24, 2.45) is 5.92 Å². The van der Waals surface area contributed by atoms with E-state index in [1.54, 1.807) is 6.33 Å². The number of benzene rings is 2. The highest BCUT2D eigenvalue weighted by molar-refractivity contribution is 5.97. The van der Waals surface area contributed by atoms with Gasteiger partial charge in [0.2, 0.25) is 0 Å². The maximum Gasteiger partial charge on any atom is 0.137 e. The molecule has 1 saturated heterocycles. The smallest absolute Gasteiger partial charge is 0.137 e. The zero-order valence-corrected chi connectivity index (χ0v) is 18.7. The normalized spacial score (nSPS) is 16.3. The molecule has 1 aromatic heterocycles. The molecule has 0 atom stereocenters. The predicted octanol–water partition coefficient (Wildman–Crippen LogP) is 4.05. The number of para-hydroxylation sites is 1. The molecule has 168 valence electrons. The zero-order chi connectivity index (χ0) is 21.9. The summed E-state index contributed by atoms with van der Waals surface area (Å²) in [4.78, 5) is 13.9. The maximum atomic E-state index is 9.45. The molecule has 32 heavy (non-hydrogen) atoms. The van der Waals surface area contributed by atoms with Crippen LogP contribution in [0.3, 0.4) is 0 Å². The number of rotatable bonds is 7. The standard InChI is InChI=1S/C25H32N6O/c1-2-9-31-17-29-22-12-20-21(13-24(22)31)27-16-28-25(20)26-14-19-5-3-4-6-23(19)30-10-7-18(15-32)8-11-30/h3-6,12-13,16,18,29,32H,2,7-11,14-15,17H2,1H3,(H,26,27,28). The minimum Gasteiger partial charge on any atom is -0.396 e. The summed E-state index contributed by atoms with van der Waals surface area (Å²) in [6, 6.07) is 12.9. The molecule has 0 unspecified atom stereocenters. The first-order chi connectivity index (χ1) is 15.8. The number of nitrogens with one attached hydrogen (secondary N) is 2. The fraction of sp³-hybridized carbons (Fsp3) is 0.440. The lowest BCUT2D eigenvalue weighted by molar-refractivity contribution is 0.203. The number of fused-ring (bicyclic) bond motifs is 2. The van der Waals surface area contributed by atoms with Gasteiger partial charge in [0.25, 0.3) is 0 Å². The van der Waals surface area contributed by atoms with Crippen LogP contribution in [0.5, 0.6) is 0 Å². The van der Waals surface area contributed by atoms with E-state index in [0.717, 1.165) is 68.0 Å². The van der Waals surface area contributed by atoms with E-state index in [2.05, 4.69) is 73.7 Å². The summed E-state index contributed by atoms with van der Waals surface area (Å²) in [5, 5.41) is 17.6. The lowest BCUT2D eigenvalue weighted by Crippen LogP contribution is -2.35. The maximum absolute atomic E-state index is 9.45. The second-order valence-electron chi connectivity index (χ2n) is 8.80. The van der Waals surface area contributed by atoms with E-state index in [4.69, 9.17) is 0 Å². The number of hydrogen-bond acceptors (Lipinski definition) is 7. The highest BCUT2D eigenvalue weighted by atomic mass is 16.3. The molecule has 0 radical (unpaired) electrons. The van der Waals surface area contributed by atoms with Crippen molar-refractivity contribution in [3.8, 4) is 0 Å². The molecule has 2 aliphatic rings. The Morgan fingerprint density at radius 2 is 1.97 bits per heavy atom. The third-order valence-corrected chi connectivity index (χ3v) is 6.70. The molecule has 2 aliphatic heterocycles. The van der Waals surface area contributed by atoms with Crippen molar-refractivity contribution in [1.29, 1.82) is 0 Å². The quantitative estimate of drug-likeness (QED) is 0.520. The Labute approximate surface area is 189 Å². The summed E-state index contributed by atoms with van der Waals surface area (Å²) in [5.74, 6) is 1.30. The second kappa shape index (κ2) is 9.20. The van der Waals surface area contributed by atoms with E-state index in [0.29, 0.717) is 19.1 Å². The zero-order valence-electron chi connectivity index (χ0n) is 18.7. The highest BCUT2D eigenvalue weighted by Gasteiger charge is 2.22. The van der Waals surface area contributed by atoms with Gasteiger partial charge in [-0.2, -0.15) is 0 Å². The summed E-state index contributed by atoms with van der Waals surface area (Å²) in [5.41, 5.74) is 5.87. The Morgan fingerprint density at radius 1 is 1.12 bits per heavy atom. The molecule has 5 rings (SSSR count). The van der Waals surface area contributed by atoms with Crippen LogP contribution >= 0.6 is 0 Å². The molecule has 3 heterocycles. The van der Waals surface area contributed by atoms with Gasteiger partial charge in [-0.15, -0.1) is 0 Å². The van der Waals surface area contributed by atoms with Gasteiger partial charge < -0.3 is 25.5 Å². The van der Waals surface area contributed by atoms with Crippen LogP contribution in [-0.2, 0) is 6.54 Å². The Hall–Kier alpha value is -3.06. The van der Waals surface area contributed by atoms with E-state index in [1.807, 2.05) is 0 Å². The van der Waals surface area contributed by atoms with Gasteiger partial charge >= 0.3 is 0 Å². The molecule has 2 aromatic carbocycles. The van der Waals surface area contributed by atoms with Gasteiger partial charge in [0.1, 0.15) is 12.1 Å². The first kappa shape index (κ1) is 20.8. The van der Waals surface area contributed by atoms with Gasteiger partial charge in [0.05, 0.1) is 23.6 Å². The van der Waals surface area contributed by atoms with E-state index in [-0.39, 0.29) is 0 Å². The van der Waals surface area contributed by atoms with Gasteiger partial charge in [-0.3, -0.25) is 0 Å². The summed E-state index contributed by atoms with van der Waals surface area (Å²) in [7, 11) is 0. The molecule has 3 aromatic rings. The number of aliphatic hydroxyl groups is 1. The van der Waals surface area contributed by atoms with Crippen LogP contribution in [0.15, 0.2) is 42.7 Å². The van der Waals surface area contributed by atoms with Crippen molar-refractivity contribution in [3.63, 3.8) is 0 Å². The third-order valence-electron chi connectivity index (χ3n) is 6.70. The van der Waals surface area contributed by atoms with Crippen LogP contribution in [0.25, 0.3) is 10.9 Å². The van der Waals surface area contributed by atoms with Gasteiger partial charge in [0.15, 0.2) is 0 Å². The van der Waals surface area contributed by atoms with E-state index < -0.39 is 0 Å². The molecule has 0 amide bonds. The average molecular weight is 433 g/mol. The van der Waals surface area contributed by atoms with Crippen LogP contribution < -0.4 is 20.4 Å². The van der Waals surface area contributed by atoms with E-state index >= 15 is 0 Å². The number of hydrogen-bond donors (Lipinski definition) is 3. The predicted molar refractivity (Wildman–Crippen MR) is 131 cm³/mol. The first-order valence-corrected chi connectivity index (χ1v) is 11.7. The van der Waals surface area contributed by atoms with Crippen molar-refractivity contribution >= 4 is 33.8 Å². The fourth-order valence-electron chi connectivity index (χ4n) is 4.88. The lowest BCUT2D eigenvalue weighted by Gasteiger charge is -2.34. The minimum atomic E-state index is 0.298. The van der Waals surface area contributed by atoms with Crippen LogP contribution in [0.4, 0.5) is 22.9 Å². The van der Waals surface area contributed by atoms with Crippen molar-refractivity contribution in [1.82, 2.24) is 9.97 Å². The number of piperidine rings is 1. The molecule has 0 saturated carbocycles. The summed E-state index contributed by atoms with van der Waals surface area (Å²) in [6.45, 7) is 7.07. The van der Waals surface area contributed by atoms with Gasteiger partial charge in [-0.1, -0.05) is 25.1 Å². The largest absolute Gasteiger partial charge is 0.396 e. The van der Waals surface area contributed by atoms with Crippen molar-refractivity contribution < 1.29 is 5.11 Å². The fourth-order valence-corrected chi connectivity index (χ4v) is 4.88. The average Bonchev–Trinajstić information content (AvgIpc) is 3.23. The van der Waals surface area contributed by atoms with Crippen LogP contribution in [0.1, 0.15) is 31.7 Å². The molecular weight excluding hydrogens is 400 g/mol. The number of aliphatic hydroxyl groups excluding tert-OH is 1. The van der Waals surface area contributed by atoms with Crippen molar-refractivity contribution in [3.05, 3.63) is 48.3 Å². The topological polar surface area (TPSA) is 76.5 Å². The van der Waals surface area contributed by atoms with Gasteiger partial charge in [-0.05, 0) is 48.9 Å². The summed E-state index contributed by atoms with van der Waals surface area (Å²) < 4.78 is 0. The Kier molecular flexibility index (Phi) is 5.99. The monoisotopic (exact) mass is 432 g/mol. The molecule has 7 heteroatoms. The number of aromatic nitrogens is 2. The van der Waals surface area contributed by atoms with Crippen LogP contribution in [0.2, 0.25) is 0 Å². The second-order valence-corrected chi connectivity index (χ2v) is 8.80. The van der Waals surface area contributed by atoms with Crippen molar-refractivity contribution in [2.45, 2.75) is 32.7 Å². The summed E-state index contributed by atoms with van der Waals surface area (Å²) in [6.07, 6.45) is 4.85. The van der Waals surface area contributed by atoms with Crippen LogP contribution in [-0.4, -0.2) is 48.0 Å². The minimum absolute atomic E-state index is 0.298. The molecule has 1 fully saturated rings. The highest BCUT2D eigenvalue weighted by Crippen LogP contribution is 2.36. The first-order valence-electron chi connectivity index (χ1n) is 11.7. The third kappa shape index (κ3) is 4.05.